The number of benzene rings is 3. The van der Waals surface area contributed by atoms with E-state index in [-0.39, 0.29) is 11.9 Å². The molecule has 0 aliphatic rings. The third-order valence-electron chi connectivity index (χ3n) is 4.42. The maximum atomic E-state index is 12.6. The van der Waals surface area contributed by atoms with E-state index in [2.05, 4.69) is 5.32 Å². The van der Waals surface area contributed by atoms with Gasteiger partial charge >= 0.3 is 5.97 Å². The molecule has 0 radical (unpaired) electrons. The summed E-state index contributed by atoms with van der Waals surface area (Å²) in [5.41, 5.74) is 3.63. The molecule has 1 amide bonds. The van der Waals surface area contributed by atoms with E-state index in [1.165, 1.54) is 0 Å². The summed E-state index contributed by atoms with van der Waals surface area (Å²) >= 11 is 7.62. The zero-order valence-corrected chi connectivity index (χ0v) is 18.3. The number of anilines is 1. The molecule has 0 aliphatic carbocycles. The first-order chi connectivity index (χ1) is 14.5. The molecule has 3 rings (SSSR count). The summed E-state index contributed by atoms with van der Waals surface area (Å²) < 4.78 is 5.00. The van der Waals surface area contributed by atoms with Crippen molar-refractivity contribution >= 4 is 40.9 Å². The second-order valence-corrected chi connectivity index (χ2v) is 8.13. The van der Waals surface area contributed by atoms with Crippen LogP contribution in [0.4, 0.5) is 5.69 Å². The number of thioether (sulfide) groups is 1. The molecule has 4 nitrogen and oxygen atoms in total. The lowest BCUT2D eigenvalue weighted by Gasteiger charge is -2.10. The van der Waals surface area contributed by atoms with E-state index >= 15 is 0 Å². The third kappa shape index (κ3) is 5.88. The SMILES string of the molecule is CCOC(=O)c1ccc(NC(=O)c2ccc(CSc3ccc(Cl)cc3)cc2)c(C)c1. The number of nitrogens with one attached hydrogen (secondary N) is 1. The minimum atomic E-state index is -0.370. The van der Waals surface area contributed by atoms with Crippen LogP contribution in [0.2, 0.25) is 5.02 Å². The summed E-state index contributed by atoms with van der Waals surface area (Å²) in [5, 5.41) is 3.62. The number of amides is 1. The van der Waals surface area contributed by atoms with E-state index in [1.807, 2.05) is 55.5 Å². The Morgan fingerprint density at radius 2 is 1.63 bits per heavy atom. The van der Waals surface area contributed by atoms with Gasteiger partial charge < -0.3 is 10.1 Å². The third-order valence-corrected chi connectivity index (χ3v) is 5.76. The molecule has 0 spiro atoms. The lowest BCUT2D eigenvalue weighted by Crippen LogP contribution is -2.13. The normalized spacial score (nSPS) is 10.5. The topological polar surface area (TPSA) is 55.4 Å². The molecular weight excluding hydrogens is 418 g/mol. The number of carbonyl (C=O) groups excluding carboxylic acids is 2. The maximum Gasteiger partial charge on any atom is 0.338 e. The van der Waals surface area contributed by atoms with Crippen molar-refractivity contribution in [2.75, 3.05) is 11.9 Å². The Labute approximate surface area is 185 Å². The molecule has 0 saturated heterocycles. The monoisotopic (exact) mass is 439 g/mol. The molecule has 0 heterocycles. The van der Waals surface area contributed by atoms with E-state index < -0.39 is 0 Å². The Kier molecular flexibility index (Phi) is 7.55. The van der Waals surface area contributed by atoms with Gasteiger partial charge in [0.1, 0.15) is 0 Å². The van der Waals surface area contributed by atoms with Crippen molar-refractivity contribution in [2.24, 2.45) is 0 Å². The number of halogens is 1. The highest BCUT2D eigenvalue weighted by Crippen LogP contribution is 2.24. The first kappa shape index (κ1) is 21.9. The molecule has 0 aliphatic heterocycles. The second kappa shape index (κ2) is 10.3. The summed E-state index contributed by atoms with van der Waals surface area (Å²) in [4.78, 5) is 25.6. The van der Waals surface area contributed by atoms with Crippen molar-refractivity contribution in [3.63, 3.8) is 0 Å². The van der Waals surface area contributed by atoms with Crippen LogP contribution in [-0.2, 0) is 10.5 Å². The van der Waals surface area contributed by atoms with Gasteiger partial charge in [0, 0.05) is 26.9 Å². The van der Waals surface area contributed by atoms with Crippen molar-refractivity contribution in [1.82, 2.24) is 0 Å². The van der Waals surface area contributed by atoms with Crippen molar-refractivity contribution < 1.29 is 14.3 Å². The van der Waals surface area contributed by atoms with Gasteiger partial charge in [-0.25, -0.2) is 4.79 Å². The van der Waals surface area contributed by atoms with Gasteiger partial charge in [-0.3, -0.25) is 4.79 Å². The van der Waals surface area contributed by atoms with Gasteiger partial charge in [0.2, 0.25) is 0 Å². The van der Waals surface area contributed by atoms with Crippen LogP contribution in [0.25, 0.3) is 0 Å². The molecule has 6 heteroatoms. The van der Waals surface area contributed by atoms with Gasteiger partial charge in [0.25, 0.3) is 5.91 Å². The van der Waals surface area contributed by atoms with Crippen molar-refractivity contribution in [3.8, 4) is 0 Å². The molecule has 0 bridgehead atoms. The fourth-order valence-electron chi connectivity index (χ4n) is 2.79. The minimum absolute atomic E-state index is 0.195. The number of hydrogen-bond acceptors (Lipinski definition) is 4. The summed E-state index contributed by atoms with van der Waals surface area (Å²) in [5.74, 6) is 0.238. The average Bonchev–Trinajstić information content (AvgIpc) is 2.75. The lowest BCUT2D eigenvalue weighted by molar-refractivity contribution is 0.0526. The van der Waals surface area contributed by atoms with Crippen LogP contribution in [0, 0.1) is 6.92 Å². The highest BCUT2D eigenvalue weighted by atomic mass is 35.5. The molecule has 0 unspecified atom stereocenters. The van der Waals surface area contributed by atoms with Crippen LogP contribution in [0.1, 0.15) is 38.8 Å². The second-order valence-electron chi connectivity index (χ2n) is 6.64. The van der Waals surface area contributed by atoms with Gasteiger partial charge in [-0.05, 0) is 79.6 Å². The summed E-state index contributed by atoms with van der Waals surface area (Å²) in [6, 6.07) is 20.3. The number of hydrogen-bond donors (Lipinski definition) is 1. The van der Waals surface area contributed by atoms with E-state index in [0.29, 0.717) is 23.4 Å². The van der Waals surface area contributed by atoms with Gasteiger partial charge in [0.05, 0.1) is 12.2 Å². The Balaban J connectivity index is 1.60. The van der Waals surface area contributed by atoms with Crippen LogP contribution in [0.15, 0.2) is 71.6 Å². The van der Waals surface area contributed by atoms with Crippen LogP contribution in [-0.4, -0.2) is 18.5 Å². The summed E-state index contributed by atoms with van der Waals surface area (Å²) in [6.45, 7) is 3.93. The first-order valence-electron chi connectivity index (χ1n) is 9.52. The number of esters is 1. The van der Waals surface area contributed by atoms with Gasteiger partial charge in [-0.15, -0.1) is 11.8 Å². The summed E-state index contributed by atoms with van der Waals surface area (Å²) in [6.07, 6.45) is 0. The molecular formula is C24H22ClNO3S. The smallest absolute Gasteiger partial charge is 0.338 e. The largest absolute Gasteiger partial charge is 0.462 e. The molecule has 3 aromatic carbocycles. The fourth-order valence-corrected chi connectivity index (χ4v) is 3.77. The number of ether oxygens (including phenoxy) is 1. The molecule has 0 saturated carbocycles. The Bertz CT molecular complexity index is 1030. The molecule has 154 valence electrons. The fraction of sp³-hybridized carbons (Fsp3) is 0.167. The van der Waals surface area contributed by atoms with Gasteiger partial charge in [-0.2, -0.15) is 0 Å². The van der Waals surface area contributed by atoms with Gasteiger partial charge in [-0.1, -0.05) is 23.7 Å². The Morgan fingerprint density at radius 3 is 2.27 bits per heavy atom. The van der Waals surface area contributed by atoms with Crippen molar-refractivity contribution in [2.45, 2.75) is 24.5 Å². The lowest BCUT2D eigenvalue weighted by atomic mass is 10.1. The highest BCUT2D eigenvalue weighted by Gasteiger charge is 2.11. The van der Waals surface area contributed by atoms with Gasteiger partial charge in [0.15, 0.2) is 0 Å². The predicted molar refractivity (Wildman–Crippen MR) is 123 cm³/mol. The Morgan fingerprint density at radius 1 is 0.967 bits per heavy atom. The minimum Gasteiger partial charge on any atom is -0.462 e. The first-order valence-corrected chi connectivity index (χ1v) is 10.9. The number of carbonyl (C=O) groups is 2. The zero-order valence-electron chi connectivity index (χ0n) is 16.8. The molecule has 0 fully saturated rings. The van der Waals surface area contributed by atoms with Crippen molar-refractivity contribution in [3.05, 3.63) is 94.0 Å². The van der Waals surface area contributed by atoms with Crippen LogP contribution in [0.3, 0.4) is 0 Å². The van der Waals surface area contributed by atoms with E-state index in [4.69, 9.17) is 16.3 Å². The summed E-state index contributed by atoms with van der Waals surface area (Å²) in [7, 11) is 0. The highest BCUT2D eigenvalue weighted by molar-refractivity contribution is 7.98. The molecule has 1 N–H and O–H groups in total. The van der Waals surface area contributed by atoms with Crippen LogP contribution in [0.5, 0.6) is 0 Å². The Hall–Kier alpha value is -2.76. The maximum absolute atomic E-state index is 12.6. The number of aryl methyl sites for hydroxylation is 1. The van der Waals surface area contributed by atoms with Crippen molar-refractivity contribution in [1.29, 1.82) is 0 Å². The molecule has 0 atom stereocenters. The standard InChI is InChI=1S/C24H22ClNO3S/c1-3-29-24(28)19-8-13-22(16(2)14-19)26-23(27)18-6-4-17(5-7-18)15-30-21-11-9-20(25)10-12-21/h4-14H,3,15H2,1-2H3,(H,26,27). The zero-order chi connectivity index (χ0) is 21.5. The van der Waals surface area contributed by atoms with Crippen LogP contribution < -0.4 is 5.32 Å². The molecule has 30 heavy (non-hydrogen) atoms. The van der Waals surface area contributed by atoms with E-state index in [9.17, 15) is 9.59 Å². The number of rotatable bonds is 7. The predicted octanol–water partition coefficient (Wildman–Crippen LogP) is 6.37. The van der Waals surface area contributed by atoms with Crippen LogP contribution >= 0.6 is 23.4 Å². The van der Waals surface area contributed by atoms with E-state index in [1.54, 1.807) is 36.9 Å². The molecule has 3 aromatic rings. The van der Waals surface area contributed by atoms with E-state index in [0.717, 1.165) is 26.8 Å². The molecule has 0 aromatic heterocycles. The average molecular weight is 440 g/mol. The quantitative estimate of drug-likeness (QED) is 0.343.